The van der Waals surface area contributed by atoms with E-state index in [4.69, 9.17) is 10.00 Å². The third-order valence-corrected chi connectivity index (χ3v) is 4.89. The second-order valence-electron chi connectivity index (χ2n) is 5.14. The number of cyclic esters (lactones) is 1. The fraction of sp³-hybridized carbons (Fsp3) is 0.167. The van der Waals surface area contributed by atoms with Gasteiger partial charge in [-0.3, -0.25) is 0 Å². The molecule has 0 N–H and O–H groups in total. The van der Waals surface area contributed by atoms with Crippen molar-refractivity contribution in [1.82, 2.24) is 0 Å². The van der Waals surface area contributed by atoms with E-state index in [-0.39, 0.29) is 5.70 Å². The Morgan fingerprint density at radius 3 is 2.70 bits per heavy atom. The number of carbonyl (C=O) groups excluding carboxylic acids is 1. The van der Waals surface area contributed by atoms with E-state index in [1.165, 1.54) is 10.4 Å². The number of benzene rings is 1. The topological polar surface area (TPSA) is 62.5 Å². The van der Waals surface area contributed by atoms with Gasteiger partial charge < -0.3 is 4.74 Å². The first kappa shape index (κ1) is 15.2. The maximum absolute atomic E-state index is 12.0. The first-order valence-electron chi connectivity index (χ1n) is 7.23. The smallest absolute Gasteiger partial charge is 0.363 e. The van der Waals surface area contributed by atoms with E-state index in [1.54, 1.807) is 41.7 Å². The summed E-state index contributed by atoms with van der Waals surface area (Å²) in [6.07, 6.45) is 2.61. The van der Waals surface area contributed by atoms with Crippen molar-refractivity contribution in [3.05, 3.63) is 62.5 Å². The highest BCUT2D eigenvalue weighted by Gasteiger charge is 2.25. The molecule has 2 aromatic rings. The van der Waals surface area contributed by atoms with E-state index >= 15 is 0 Å². The minimum atomic E-state index is -0.450. The van der Waals surface area contributed by atoms with Gasteiger partial charge in [0.05, 0.1) is 16.5 Å². The van der Waals surface area contributed by atoms with Crippen LogP contribution < -0.4 is 0 Å². The van der Waals surface area contributed by atoms with Crippen molar-refractivity contribution in [3.8, 4) is 6.07 Å². The summed E-state index contributed by atoms with van der Waals surface area (Å²) in [4.78, 5) is 18.4. The van der Waals surface area contributed by atoms with Crippen molar-refractivity contribution in [3.63, 3.8) is 0 Å². The van der Waals surface area contributed by atoms with E-state index in [0.29, 0.717) is 11.5 Å². The van der Waals surface area contributed by atoms with Crippen LogP contribution in [0.5, 0.6) is 0 Å². The van der Waals surface area contributed by atoms with Gasteiger partial charge in [-0.15, -0.1) is 11.3 Å². The Morgan fingerprint density at radius 2 is 2.09 bits per heavy atom. The van der Waals surface area contributed by atoms with E-state index < -0.39 is 5.97 Å². The Morgan fingerprint density at radius 1 is 1.35 bits per heavy atom. The molecule has 0 saturated heterocycles. The number of nitrogens with zero attached hydrogens (tertiary/aromatic N) is 2. The van der Waals surface area contributed by atoms with Crippen LogP contribution in [0.1, 0.15) is 33.4 Å². The van der Waals surface area contributed by atoms with Gasteiger partial charge in [-0.05, 0) is 48.7 Å². The van der Waals surface area contributed by atoms with Gasteiger partial charge in [0.2, 0.25) is 5.90 Å². The van der Waals surface area contributed by atoms with Gasteiger partial charge in [0.25, 0.3) is 0 Å². The van der Waals surface area contributed by atoms with E-state index in [0.717, 1.165) is 16.9 Å². The number of aliphatic imine (C=N–C) groups is 1. The molecule has 0 bridgehead atoms. The molecular formula is C18H14N2O2S. The number of esters is 1. The van der Waals surface area contributed by atoms with Crippen LogP contribution in [-0.2, 0) is 16.0 Å². The first-order chi connectivity index (χ1) is 11.1. The quantitative estimate of drug-likeness (QED) is 0.637. The summed E-state index contributed by atoms with van der Waals surface area (Å²) in [7, 11) is 0. The maximum atomic E-state index is 12.0. The van der Waals surface area contributed by atoms with Crippen LogP contribution in [0, 0.1) is 18.3 Å². The second-order valence-corrected chi connectivity index (χ2v) is 6.28. The number of aryl methyl sites for hydroxylation is 2. The van der Waals surface area contributed by atoms with Crippen molar-refractivity contribution >= 4 is 29.3 Å². The fourth-order valence-corrected chi connectivity index (χ4v) is 3.34. The first-order valence-corrected chi connectivity index (χ1v) is 8.04. The van der Waals surface area contributed by atoms with Crippen molar-refractivity contribution in [1.29, 1.82) is 5.26 Å². The minimum absolute atomic E-state index is 0.272. The predicted octanol–water partition coefficient (Wildman–Crippen LogP) is 3.84. The largest absolute Gasteiger partial charge is 0.401 e. The summed E-state index contributed by atoms with van der Waals surface area (Å²) in [5.74, 6) is -0.0869. The molecule has 1 aliphatic rings. The number of rotatable bonds is 3. The van der Waals surface area contributed by atoms with Gasteiger partial charge >= 0.3 is 5.97 Å². The highest BCUT2D eigenvalue weighted by atomic mass is 32.1. The van der Waals surface area contributed by atoms with E-state index in [1.807, 2.05) is 13.0 Å². The SMILES string of the molecule is CCc1sc(C2=N/C(=C/c3ccc(C#N)cc3)C(=O)O2)cc1C. The van der Waals surface area contributed by atoms with Crippen LogP contribution in [-0.4, -0.2) is 11.9 Å². The highest BCUT2D eigenvalue weighted by molar-refractivity contribution is 7.14. The minimum Gasteiger partial charge on any atom is -0.401 e. The second kappa shape index (κ2) is 6.19. The molecule has 0 amide bonds. The molecule has 114 valence electrons. The van der Waals surface area contributed by atoms with Gasteiger partial charge in [0.1, 0.15) is 0 Å². The van der Waals surface area contributed by atoms with Gasteiger partial charge in [-0.25, -0.2) is 9.79 Å². The number of hydrogen-bond donors (Lipinski definition) is 0. The average molecular weight is 322 g/mol. The van der Waals surface area contributed by atoms with Gasteiger partial charge in [0, 0.05) is 4.88 Å². The van der Waals surface area contributed by atoms with E-state index in [2.05, 4.69) is 18.0 Å². The lowest BCUT2D eigenvalue weighted by Gasteiger charge is -1.94. The predicted molar refractivity (Wildman–Crippen MR) is 90.2 cm³/mol. The Labute approximate surface area is 138 Å². The number of thiophene rings is 1. The summed E-state index contributed by atoms with van der Waals surface area (Å²) in [6, 6.07) is 11.0. The molecule has 0 spiro atoms. The van der Waals surface area contributed by atoms with Crippen LogP contribution >= 0.6 is 11.3 Å². The third kappa shape index (κ3) is 3.08. The summed E-state index contributed by atoms with van der Waals surface area (Å²) in [5.41, 5.74) is 2.84. The highest BCUT2D eigenvalue weighted by Crippen LogP contribution is 2.27. The third-order valence-electron chi connectivity index (χ3n) is 3.52. The molecule has 1 aromatic heterocycles. The lowest BCUT2D eigenvalue weighted by molar-refractivity contribution is -0.129. The Kier molecular flexibility index (Phi) is 4.09. The molecule has 3 rings (SSSR count). The molecule has 4 nitrogen and oxygen atoms in total. The Hall–Kier alpha value is -2.71. The molecule has 0 atom stereocenters. The van der Waals surface area contributed by atoms with Crippen LogP contribution in [0.3, 0.4) is 0 Å². The summed E-state index contributed by atoms with van der Waals surface area (Å²) < 4.78 is 5.29. The maximum Gasteiger partial charge on any atom is 0.363 e. The summed E-state index contributed by atoms with van der Waals surface area (Å²) in [6.45, 7) is 4.14. The Balaban J connectivity index is 1.91. The molecule has 0 radical (unpaired) electrons. The number of carbonyl (C=O) groups is 1. The molecule has 5 heteroatoms. The van der Waals surface area contributed by atoms with Crippen LogP contribution in [0.25, 0.3) is 6.08 Å². The molecular weight excluding hydrogens is 308 g/mol. The van der Waals surface area contributed by atoms with Crippen LogP contribution in [0.2, 0.25) is 0 Å². The summed E-state index contributed by atoms with van der Waals surface area (Å²) in [5, 5.41) is 8.80. The van der Waals surface area contributed by atoms with Crippen LogP contribution in [0.15, 0.2) is 41.0 Å². The Bertz CT molecular complexity index is 867. The number of nitriles is 1. The molecule has 0 saturated carbocycles. The zero-order chi connectivity index (χ0) is 16.4. The molecule has 2 heterocycles. The van der Waals surface area contributed by atoms with Crippen molar-refractivity contribution in [2.45, 2.75) is 20.3 Å². The standard InChI is InChI=1S/C18H14N2O2S/c1-3-15-11(2)8-16(23-15)17-20-14(18(21)22-17)9-12-4-6-13(10-19)7-5-12/h4-9H,3H2,1-2H3/b14-9+. The molecule has 0 aliphatic carbocycles. The fourth-order valence-electron chi connectivity index (χ4n) is 2.30. The van der Waals surface area contributed by atoms with Crippen molar-refractivity contribution < 1.29 is 9.53 Å². The molecule has 1 aromatic carbocycles. The number of ether oxygens (including phenoxy) is 1. The lowest BCUT2D eigenvalue weighted by atomic mass is 10.1. The zero-order valence-electron chi connectivity index (χ0n) is 12.8. The molecule has 0 fully saturated rings. The van der Waals surface area contributed by atoms with E-state index in [9.17, 15) is 4.79 Å². The monoisotopic (exact) mass is 322 g/mol. The number of hydrogen-bond acceptors (Lipinski definition) is 5. The van der Waals surface area contributed by atoms with Crippen molar-refractivity contribution in [2.24, 2.45) is 4.99 Å². The molecule has 1 aliphatic heterocycles. The molecule has 23 heavy (non-hydrogen) atoms. The van der Waals surface area contributed by atoms with Gasteiger partial charge in [-0.2, -0.15) is 5.26 Å². The summed E-state index contributed by atoms with van der Waals surface area (Å²) >= 11 is 1.60. The van der Waals surface area contributed by atoms with Crippen LogP contribution in [0.4, 0.5) is 0 Å². The lowest BCUT2D eigenvalue weighted by Crippen LogP contribution is -2.03. The zero-order valence-corrected chi connectivity index (χ0v) is 13.6. The normalized spacial score (nSPS) is 15.4. The molecule has 0 unspecified atom stereocenters. The average Bonchev–Trinajstić information content (AvgIpc) is 3.11. The van der Waals surface area contributed by atoms with Gasteiger partial charge in [0.15, 0.2) is 5.70 Å². The van der Waals surface area contributed by atoms with Gasteiger partial charge in [-0.1, -0.05) is 19.1 Å². The van der Waals surface area contributed by atoms with Crippen molar-refractivity contribution in [2.75, 3.05) is 0 Å².